The minimum absolute atomic E-state index is 0.374. The maximum Gasteiger partial charge on any atom is 0.123 e. The number of fused-ring (bicyclic) bond motifs is 1. The van der Waals surface area contributed by atoms with Crippen LogP contribution in [-0.2, 0) is 18.4 Å². The minimum atomic E-state index is -1.30. The average Bonchev–Trinajstić information content (AvgIpc) is 2.49. The van der Waals surface area contributed by atoms with Gasteiger partial charge in [-0.1, -0.05) is 29.8 Å². The molecule has 1 N–H and O–H groups in total. The molecule has 1 atom stereocenters. The molecule has 0 radical (unpaired) electrons. The highest BCUT2D eigenvalue weighted by Crippen LogP contribution is 2.36. The van der Waals surface area contributed by atoms with Crippen LogP contribution < -0.4 is 0 Å². The van der Waals surface area contributed by atoms with Crippen molar-refractivity contribution < 1.29 is 9.50 Å². The molecular formula is C18H18ClFO. The monoisotopic (exact) mass is 304 g/mol. The number of hydrogen-bond acceptors (Lipinski definition) is 1. The smallest absolute Gasteiger partial charge is 0.123 e. The summed E-state index contributed by atoms with van der Waals surface area (Å²) in [4.78, 5) is 0. The van der Waals surface area contributed by atoms with Crippen molar-refractivity contribution in [2.75, 3.05) is 0 Å². The van der Waals surface area contributed by atoms with Crippen LogP contribution in [0.3, 0.4) is 0 Å². The van der Waals surface area contributed by atoms with Crippen molar-refractivity contribution in [3.63, 3.8) is 0 Å². The molecule has 21 heavy (non-hydrogen) atoms. The maximum atomic E-state index is 13.5. The largest absolute Gasteiger partial charge is 0.381 e. The lowest BCUT2D eigenvalue weighted by molar-refractivity contribution is 0.102. The molecule has 0 amide bonds. The van der Waals surface area contributed by atoms with E-state index in [9.17, 15) is 9.50 Å². The summed E-state index contributed by atoms with van der Waals surface area (Å²) in [5, 5.41) is 11.3. The van der Waals surface area contributed by atoms with Gasteiger partial charge in [-0.05, 0) is 67.5 Å². The average molecular weight is 305 g/mol. The van der Waals surface area contributed by atoms with Crippen molar-refractivity contribution in [1.29, 1.82) is 0 Å². The summed E-state index contributed by atoms with van der Waals surface area (Å²) in [6.07, 6.45) is 4.53. The molecule has 1 aliphatic carbocycles. The fourth-order valence-electron chi connectivity index (χ4n) is 3.06. The Bertz CT molecular complexity index is 679. The van der Waals surface area contributed by atoms with E-state index in [1.165, 1.54) is 42.2 Å². The van der Waals surface area contributed by atoms with Crippen LogP contribution >= 0.6 is 11.6 Å². The first-order valence-corrected chi connectivity index (χ1v) is 7.66. The lowest BCUT2D eigenvalue weighted by Crippen LogP contribution is -2.24. The molecule has 110 valence electrons. The van der Waals surface area contributed by atoms with Gasteiger partial charge in [0.1, 0.15) is 11.4 Å². The summed E-state index contributed by atoms with van der Waals surface area (Å²) < 4.78 is 13.5. The quantitative estimate of drug-likeness (QED) is 0.859. The number of rotatable bonds is 2. The maximum absolute atomic E-state index is 13.5. The summed E-state index contributed by atoms with van der Waals surface area (Å²) in [5.74, 6) is -0.396. The number of hydrogen-bond donors (Lipinski definition) is 1. The number of aliphatic hydroxyl groups is 1. The molecule has 0 bridgehead atoms. The van der Waals surface area contributed by atoms with Crippen molar-refractivity contribution in [1.82, 2.24) is 0 Å². The fourth-order valence-corrected chi connectivity index (χ4v) is 3.36. The van der Waals surface area contributed by atoms with Crippen LogP contribution in [0.15, 0.2) is 36.4 Å². The third-order valence-corrected chi connectivity index (χ3v) is 4.69. The molecule has 0 aliphatic heterocycles. The van der Waals surface area contributed by atoms with E-state index in [0.717, 1.165) is 18.4 Å². The van der Waals surface area contributed by atoms with Crippen molar-refractivity contribution in [2.45, 2.75) is 38.2 Å². The van der Waals surface area contributed by atoms with E-state index in [1.807, 2.05) is 12.1 Å². The summed E-state index contributed by atoms with van der Waals surface area (Å²) in [5.41, 5.74) is 2.50. The van der Waals surface area contributed by atoms with Crippen LogP contribution in [-0.4, -0.2) is 5.11 Å². The lowest BCUT2D eigenvalue weighted by Gasteiger charge is -2.27. The number of aryl methyl sites for hydroxylation is 2. The third-order valence-electron chi connectivity index (χ3n) is 4.36. The SMILES string of the molecule is CC(O)(c1ccc2c(c1)CCCC2)c1cc(F)ccc1Cl. The van der Waals surface area contributed by atoms with Gasteiger partial charge in [-0.25, -0.2) is 4.39 Å². The Hall–Kier alpha value is -1.38. The highest BCUT2D eigenvalue weighted by atomic mass is 35.5. The van der Waals surface area contributed by atoms with E-state index in [-0.39, 0.29) is 0 Å². The molecule has 1 aliphatic rings. The van der Waals surface area contributed by atoms with Crippen LogP contribution in [0.2, 0.25) is 5.02 Å². The zero-order chi connectivity index (χ0) is 15.0. The molecule has 3 heteroatoms. The minimum Gasteiger partial charge on any atom is -0.381 e. The van der Waals surface area contributed by atoms with E-state index in [1.54, 1.807) is 6.92 Å². The normalized spacial score (nSPS) is 17.1. The Balaban J connectivity index is 2.07. The second-order valence-electron chi connectivity index (χ2n) is 5.89. The first kappa shape index (κ1) is 14.6. The van der Waals surface area contributed by atoms with E-state index in [4.69, 9.17) is 11.6 Å². The molecule has 0 aromatic heterocycles. The van der Waals surface area contributed by atoms with Gasteiger partial charge in [0, 0.05) is 10.6 Å². The van der Waals surface area contributed by atoms with E-state index >= 15 is 0 Å². The van der Waals surface area contributed by atoms with Gasteiger partial charge in [-0.3, -0.25) is 0 Å². The Morgan fingerprint density at radius 1 is 1.05 bits per heavy atom. The van der Waals surface area contributed by atoms with Gasteiger partial charge >= 0.3 is 0 Å². The lowest BCUT2D eigenvalue weighted by atomic mass is 9.83. The topological polar surface area (TPSA) is 20.2 Å². The molecule has 3 rings (SSSR count). The van der Waals surface area contributed by atoms with Crippen molar-refractivity contribution in [3.8, 4) is 0 Å². The summed E-state index contributed by atoms with van der Waals surface area (Å²) >= 11 is 6.15. The van der Waals surface area contributed by atoms with Crippen LogP contribution in [0.4, 0.5) is 4.39 Å². The van der Waals surface area contributed by atoms with E-state index in [0.29, 0.717) is 10.6 Å². The summed E-state index contributed by atoms with van der Waals surface area (Å²) in [6.45, 7) is 1.66. The predicted molar refractivity (Wildman–Crippen MR) is 83.2 cm³/mol. The zero-order valence-corrected chi connectivity index (χ0v) is 12.8. The van der Waals surface area contributed by atoms with Gasteiger partial charge in [0.2, 0.25) is 0 Å². The molecule has 0 saturated heterocycles. The van der Waals surface area contributed by atoms with Gasteiger partial charge in [-0.2, -0.15) is 0 Å². The number of benzene rings is 2. The highest BCUT2D eigenvalue weighted by molar-refractivity contribution is 6.31. The van der Waals surface area contributed by atoms with Crippen LogP contribution in [0, 0.1) is 5.82 Å². The second kappa shape index (κ2) is 5.43. The van der Waals surface area contributed by atoms with Gasteiger partial charge in [0.05, 0.1) is 0 Å². The fraction of sp³-hybridized carbons (Fsp3) is 0.333. The van der Waals surface area contributed by atoms with Crippen LogP contribution in [0.25, 0.3) is 0 Å². The molecule has 0 spiro atoms. The molecule has 0 heterocycles. The van der Waals surface area contributed by atoms with E-state index < -0.39 is 11.4 Å². The first-order chi connectivity index (χ1) is 9.98. The Labute approximate surface area is 129 Å². The molecule has 2 aromatic rings. The molecular weight excluding hydrogens is 287 g/mol. The number of halogens is 2. The second-order valence-corrected chi connectivity index (χ2v) is 6.29. The van der Waals surface area contributed by atoms with Gasteiger partial charge in [0.15, 0.2) is 0 Å². The predicted octanol–water partition coefficient (Wildman–Crippen LogP) is 4.61. The molecule has 0 fully saturated rings. The third kappa shape index (κ3) is 2.70. The molecule has 0 saturated carbocycles. The standard InChI is InChI=1S/C18H18ClFO/c1-18(21,16-11-15(20)8-9-17(16)19)14-7-6-12-4-2-3-5-13(12)10-14/h6-11,21H,2-5H2,1H3. The van der Waals surface area contributed by atoms with Crippen LogP contribution in [0.5, 0.6) is 0 Å². The summed E-state index contributed by atoms with van der Waals surface area (Å²) in [6, 6.07) is 10.1. The Morgan fingerprint density at radius 2 is 1.76 bits per heavy atom. The van der Waals surface area contributed by atoms with Gasteiger partial charge in [0.25, 0.3) is 0 Å². The molecule has 1 nitrogen and oxygen atoms in total. The summed E-state index contributed by atoms with van der Waals surface area (Å²) in [7, 11) is 0. The Kier molecular flexibility index (Phi) is 3.76. The zero-order valence-electron chi connectivity index (χ0n) is 12.0. The highest BCUT2D eigenvalue weighted by Gasteiger charge is 2.29. The van der Waals surface area contributed by atoms with Gasteiger partial charge in [-0.15, -0.1) is 0 Å². The molecule has 2 aromatic carbocycles. The van der Waals surface area contributed by atoms with Crippen LogP contribution in [0.1, 0.15) is 42.0 Å². The van der Waals surface area contributed by atoms with Crippen molar-refractivity contribution in [2.24, 2.45) is 0 Å². The van der Waals surface area contributed by atoms with Crippen molar-refractivity contribution in [3.05, 3.63) is 69.5 Å². The van der Waals surface area contributed by atoms with Gasteiger partial charge < -0.3 is 5.11 Å². The van der Waals surface area contributed by atoms with E-state index in [2.05, 4.69) is 6.07 Å². The van der Waals surface area contributed by atoms with Crippen molar-refractivity contribution >= 4 is 11.6 Å². The first-order valence-electron chi connectivity index (χ1n) is 7.28. The molecule has 1 unspecified atom stereocenters. The Morgan fingerprint density at radius 3 is 2.52 bits per heavy atom.